The molecule has 1 atom stereocenters. The number of carboxylic acids is 2. The summed E-state index contributed by atoms with van der Waals surface area (Å²) in [6.07, 6.45) is 1.60. The Hall–Kier alpha value is -1.85. The highest BCUT2D eigenvalue weighted by Crippen LogP contribution is 2.26. The minimum Gasteiger partial charge on any atom is -0.481 e. The number of nitrogens with zero attached hydrogens (tertiary/aromatic N) is 2. The van der Waals surface area contributed by atoms with Crippen LogP contribution in [0.2, 0.25) is 0 Å². The lowest BCUT2D eigenvalue weighted by Gasteiger charge is -2.23. The van der Waals surface area contributed by atoms with Crippen LogP contribution in [0, 0.1) is 11.8 Å². The van der Waals surface area contributed by atoms with E-state index in [4.69, 9.17) is 5.11 Å². The first kappa shape index (κ1) is 13.6. The third kappa shape index (κ3) is 2.62. The summed E-state index contributed by atoms with van der Waals surface area (Å²) in [5.74, 6) is -1.28. The standard InChI is InChI=1S/C13H18N2O4/c1-7(2)5-10-14-11(13(18)19)9-4-3-8(12(16)17)6-15(9)10/h7-8H,3-6H2,1-2H3,(H,16,17)(H,18,19). The van der Waals surface area contributed by atoms with E-state index in [9.17, 15) is 14.7 Å². The number of aliphatic carboxylic acids is 1. The fourth-order valence-electron chi connectivity index (χ4n) is 2.52. The number of imidazole rings is 1. The van der Waals surface area contributed by atoms with E-state index in [0.717, 1.165) is 0 Å². The molecule has 0 aromatic carbocycles. The highest BCUT2D eigenvalue weighted by atomic mass is 16.4. The summed E-state index contributed by atoms with van der Waals surface area (Å²) in [7, 11) is 0. The van der Waals surface area contributed by atoms with Crippen LogP contribution in [-0.2, 0) is 24.2 Å². The number of carbonyl (C=O) groups is 2. The molecule has 2 rings (SSSR count). The first-order chi connectivity index (χ1) is 8.90. The molecule has 1 aromatic rings. The van der Waals surface area contributed by atoms with Crippen molar-refractivity contribution in [2.24, 2.45) is 11.8 Å². The third-order valence-corrected chi connectivity index (χ3v) is 3.43. The van der Waals surface area contributed by atoms with Gasteiger partial charge >= 0.3 is 11.9 Å². The summed E-state index contributed by atoms with van der Waals surface area (Å²) in [5, 5.41) is 18.3. The minimum atomic E-state index is -1.03. The molecular weight excluding hydrogens is 248 g/mol. The lowest BCUT2D eigenvalue weighted by Crippen LogP contribution is -2.28. The van der Waals surface area contributed by atoms with E-state index >= 15 is 0 Å². The van der Waals surface area contributed by atoms with Gasteiger partial charge in [0, 0.05) is 13.0 Å². The van der Waals surface area contributed by atoms with E-state index in [2.05, 4.69) is 4.98 Å². The Morgan fingerprint density at radius 2 is 2.11 bits per heavy atom. The summed E-state index contributed by atoms with van der Waals surface area (Å²) in [4.78, 5) is 26.5. The predicted molar refractivity (Wildman–Crippen MR) is 67.2 cm³/mol. The molecule has 0 fully saturated rings. The van der Waals surface area contributed by atoms with Crippen molar-refractivity contribution in [3.8, 4) is 0 Å². The Kier molecular flexibility index (Phi) is 3.59. The van der Waals surface area contributed by atoms with Crippen LogP contribution in [-0.4, -0.2) is 31.7 Å². The van der Waals surface area contributed by atoms with Crippen molar-refractivity contribution in [2.45, 2.75) is 39.7 Å². The number of aromatic carboxylic acids is 1. The van der Waals surface area contributed by atoms with E-state index in [1.54, 1.807) is 4.57 Å². The van der Waals surface area contributed by atoms with Crippen LogP contribution in [0.5, 0.6) is 0 Å². The van der Waals surface area contributed by atoms with Crippen LogP contribution in [0.4, 0.5) is 0 Å². The lowest BCUT2D eigenvalue weighted by molar-refractivity contribution is -0.142. The van der Waals surface area contributed by atoms with Gasteiger partial charge in [0.2, 0.25) is 0 Å². The molecule has 0 saturated heterocycles. The Bertz CT molecular complexity index is 519. The quantitative estimate of drug-likeness (QED) is 0.860. The van der Waals surface area contributed by atoms with E-state index in [1.807, 2.05) is 13.8 Å². The molecule has 1 unspecified atom stereocenters. The molecule has 0 saturated carbocycles. The van der Waals surface area contributed by atoms with Gasteiger partial charge in [-0.25, -0.2) is 9.78 Å². The highest BCUT2D eigenvalue weighted by molar-refractivity contribution is 5.87. The summed E-state index contributed by atoms with van der Waals surface area (Å²) in [6, 6.07) is 0. The maximum Gasteiger partial charge on any atom is 0.356 e. The fourth-order valence-corrected chi connectivity index (χ4v) is 2.52. The highest BCUT2D eigenvalue weighted by Gasteiger charge is 2.30. The molecule has 6 heteroatoms. The zero-order valence-corrected chi connectivity index (χ0v) is 11.1. The van der Waals surface area contributed by atoms with Crippen LogP contribution in [0.15, 0.2) is 0 Å². The van der Waals surface area contributed by atoms with E-state index in [1.165, 1.54) is 0 Å². The van der Waals surface area contributed by atoms with Gasteiger partial charge in [-0.05, 0) is 18.8 Å². The summed E-state index contributed by atoms with van der Waals surface area (Å²) in [5.41, 5.74) is 0.750. The third-order valence-electron chi connectivity index (χ3n) is 3.43. The molecule has 1 aliphatic heterocycles. The van der Waals surface area contributed by atoms with Gasteiger partial charge in [-0.1, -0.05) is 13.8 Å². The van der Waals surface area contributed by atoms with Gasteiger partial charge in [0.05, 0.1) is 11.6 Å². The van der Waals surface area contributed by atoms with Crippen molar-refractivity contribution in [1.29, 1.82) is 0 Å². The summed E-state index contributed by atoms with van der Waals surface area (Å²) in [6.45, 7) is 4.38. The Labute approximate surface area is 111 Å². The molecule has 104 valence electrons. The SMILES string of the molecule is CC(C)Cc1nc(C(=O)O)c2n1CC(C(=O)O)CC2. The maximum atomic E-state index is 11.2. The minimum absolute atomic E-state index is 0.0829. The predicted octanol–water partition coefficient (Wildman–Crippen LogP) is 1.43. The number of aromatic nitrogens is 2. The smallest absolute Gasteiger partial charge is 0.356 e. The summed E-state index contributed by atoms with van der Waals surface area (Å²) >= 11 is 0. The maximum absolute atomic E-state index is 11.2. The molecule has 0 amide bonds. The van der Waals surface area contributed by atoms with Gasteiger partial charge in [-0.3, -0.25) is 4.79 Å². The molecule has 1 aliphatic rings. The second-order valence-electron chi connectivity index (χ2n) is 5.41. The van der Waals surface area contributed by atoms with Crippen molar-refractivity contribution < 1.29 is 19.8 Å². The second-order valence-corrected chi connectivity index (χ2v) is 5.41. The summed E-state index contributed by atoms with van der Waals surface area (Å²) < 4.78 is 1.80. The van der Waals surface area contributed by atoms with Crippen LogP contribution in [0.3, 0.4) is 0 Å². The van der Waals surface area contributed by atoms with Crippen molar-refractivity contribution in [1.82, 2.24) is 9.55 Å². The first-order valence-electron chi connectivity index (χ1n) is 6.44. The van der Waals surface area contributed by atoms with Gasteiger partial charge < -0.3 is 14.8 Å². The number of fused-ring (bicyclic) bond motifs is 1. The zero-order valence-electron chi connectivity index (χ0n) is 11.1. The van der Waals surface area contributed by atoms with Gasteiger partial charge in [-0.2, -0.15) is 0 Å². The zero-order chi connectivity index (χ0) is 14.2. The van der Waals surface area contributed by atoms with Crippen molar-refractivity contribution in [2.75, 3.05) is 0 Å². The normalized spacial score (nSPS) is 18.4. The number of rotatable bonds is 4. The Morgan fingerprint density at radius 1 is 1.42 bits per heavy atom. The molecule has 0 bridgehead atoms. The molecule has 1 aromatic heterocycles. The molecular formula is C13H18N2O4. The molecule has 2 heterocycles. The van der Waals surface area contributed by atoms with Crippen molar-refractivity contribution in [3.05, 3.63) is 17.2 Å². The van der Waals surface area contributed by atoms with Gasteiger partial charge in [0.25, 0.3) is 0 Å². The molecule has 0 spiro atoms. The average Bonchev–Trinajstić information content (AvgIpc) is 2.67. The lowest BCUT2D eigenvalue weighted by atomic mass is 9.97. The van der Waals surface area contributed by atoms with Crippen molar-refractivity contribution in [3.63, 3.8) is 0 Å². The fraction of sp³-hybridized carbons (Fsp3) is 0.615. The monoisotopic (exact) mass is 266 g/mol. The Morgan fingerprint density at radius 3 is 2.63 bits per heavy atom. The average molecular weight is 266 g/mol. The molecule has 0 aliphatic carbocycles. The van der Waals surface area contributed by atoms with E-state index in [0.29, 0.717) is 43.2 Å². The number of hydrogen-bond donors (Lipinski definition) is 2. The topological polar surface area (TPSA) is 92.4 Å². The van der Waals surface area contributed by atoms with Crippen LogP contribution in [0.1, 0.15) is 42.3 Å². The number of hydrogen-bond acceptors (Lipinski definition) is 3. The largest absolute Gasteiger partial charge is 0.481 e. The Balaban J connectivity index is 2.41. The molecule has 19 heavy (non-hydrogen) atoms. The van der Waals surface area contributed by atoms with Crippen molar-refractivity contribution >= 4 is 11.9 Å². The van der Waals surface area contributed by atoms with Gasteiger partial charge in [0.15, 0.2) is 5.69 Å². The molecule has 0 radical (unpaired) electrons. The van der Waals surface area contributed by atoms with E-state index in [-0.39, 0.29) is 5.69 Å². The van der Waals surface area contributed by atoms with E-state index < -0.39 is 17.9 Å². The van der Waals surface area contributed by atoms with Crippen LogP contribution >= 0.6 is 0 Å². The van der Waals surface area contributed by atoms with Crippen LogP contribution in [0.25, 0.3) is 0 Å². The second kappa shape index (κ2) is 5.03. The molecule has 2 N–H and O–H groups in total. The van der Waals surface area contributed by atoms with Crippen LogP contribution < -0.4 is 0 Å². The van der Waals surface area contributed by atoms with Gasteiger partial charge in [0.1, 0.15) is 5.82 Å². The van der Waals surface area contributed by atoms with Gasteiger partial charge in [-0.15, -0.1) is 0 Å². The molecule has 6 nitrogen and oxygen atoms in total. The number of carboxylic acid groups (broad SMARTS) is 2. The first-order valence-corrected chi connectivity index (χ1v) is 6.44.